The summed E-state index contributed by atoms with van der Waals surface area (Å²) < 4.78 is 10.4. The van der Waals surface area contributed by atoms with E-state index >= 15 is 0 Å². The first-order chi connectivity index (χ1) is 12.9. The average Bonchev–Trinajstić information content (AvgIpc) is 2.65. The highest BCUT2D eigenvalue weighted by Crippen LogP contribution is 2.24. The third kappa shape index (κ3) is 3.98. The fourth-order valence-electron chi connectivity index (χ4n) is 2.62. The number of hydrogen-bond donors (Lipinski definition) is 0. The summed E-state index contributed by atoms with van der Waals surface area (Å²) in [5, 5.41) is 11.5. The Labute approximate surface area is 158 Å². The van der Waals surface area contributed by atoms with Gasteiger partial charge in [0.1, 0.15) is 12.2 Å². The number of nitrogens with zero attached hydrogens (tertiary/aromatic N) is 1. The van der Waals surface area contributed by atoms with Gasteiger partial charge in [0.2, 0.25) is 0 Å². The zero-order valence-corrected chi connectivity index (χ0v) is 15.0. The van der Waals surface area contributed by atoms with E-state index in [9.17, 15) is 19.7 Å². The Kier molecular flexibility index (Phi) is 5.23. The molecule has 7 nitrogen and oxygen atoms in total. The van der Waals surface area contributed by atoms with Gasteiger partial charge < -0.3 is 9.15 Å². The summed E-state index contributed by atoms with van der Waals surface area (Å²) >= 11 is 5.94. The zero-order valence-electron chi connectivity index (χ0n) is 14.2. The van der Waals surface area contributed by atoms with Crippen LogP contribution in [0, 0.1) is 10.1 Å². The number of hydrogen-bond acceptors (Lipinski definition) is 6. The number of carbonyl (C=O) groups is 1. The second-order valence-corrected chi connectivity index (χ2v) is 6.18. The number of ether oxygens (including phenoxy) is 1. The van der Waals surface area contributed by atoms with Crippen LogP contribution in [0.3, 0.4) is 0 Å². The Balaban J connectivity index is 1.89. The van der Waals surface area contributed by atoms with Gasteiger partial charge in [-0.15, -0.1) is 0 Å². The van der Waals surface area contributed by atoms with Crippen LogP contribution in [-0.4, -0.2) is 10.9 Å². The SMILES string of the molecule is CCc1ccc2c(COC(=O)c3cc([N+](=O)[O-])ccc3Cl)cc(=O)oc2c1. The third-order valence-electron chi connectivity index (χ3n) is 4.04. The van der Waals surface area contributed by atoms with Crippen molar-refractivity contribution in [3.63, 3.8) is 0 Å². The fourth-order valence-corrected chi connectivity index (χ4v) is 2.81. The fraction of sp³-hybridized carbons (Fsp3) is 0.158. The summed E-state index contributed by atoms with van der Waals surface area (Å²) in [5.41, 5.74) is 0.925. The minimum absolute atomic E-state index is 0.0376. The second kappa shape index (κ2) is 7.59. The van der Waals surface area contributed by atoms with Crippen molar-refractivity contribution in [2.24, 2.45) is 0 Å². The van der Waals surface area contributed by atoms with Gasteiger partial charge in [-0.3, -0.25) is 10.1 Å². The molecule has 0 atom stereocenters. The van der Waals surface area contributed by atoms with Crippen LogP contribution in [0.1, 0.15) is 28.4 Å². The number of esters is 1. The highest BCUT2D eigenvalue weighted by Gasteiger charge is 2.18. The van der Waals surface area contributed by atoms with Crippen LogP contribution < -0.4 is 5.63 Å². The van der Waals surface area contributed by atoms with Gasteiger partial charge in [-0.2, -0.15) is 0 Å². The predicted molar refractivity (Wildman–Crippen MR) is 99.1 cm³/mol. The van der Waals surface area contributed by atoms with Crippen LogP contribution in [0.5, 0.6) is 0 Å². The van der Waals surface area contributed by atoms with Crippen molar-refractivity contribution in [1.82, 2.24) is 0 Å². The molecule has 0 fully saturated rings. The molecule has 0 amide bonds. The van der Waals surface area contributed by atoms with Gasteiger partial charge in [0.15, 0.2) is 0 Å². The molecule has 1 aromatic heterocycles. The Morgan fingerprint density at radius 1 is 1.22 bits per heavy atom. The smallest absolute Gasteiger partial charge is 0.340 e. The molecule has 3 rings (SSSR count). The first-order valence-electron chi connectivity index (χ1n) is 8.05. The van der Waals surface area contributed by atoms with Gasteiger partial charge in [0.25, 0.3) is 5.69 Å². The molecule has 3 aromatic rings. The van der Waals surface area contributed by atoms with Crippen molar-refractivity contribution in [3.8, 4) is 0 Å². The van der Waals surface area contributed by atoms with Gasteiger partial charge in [-0.1, -0.05) is 30.7 Å². The van der Waals surface area contributed by atoms with Gasteiger partial charge in [0, 0.05) is 29.1 Å². The number of nitro benzene ring substituents is 1. The lowest BCUT2D eigenvalue weighted by atomic mass is 10.1. The highest BCUT2D eigenvalue weighted by molar-refractivity contribution is 6.33. The molecule has 0 bridgehead atoms. The van der Waals surface area contributed by atoms with E-state index in [4.69, 9.17) is 20.8 Å². The second-order valence-electron chi connectivity index (χ2n) is 5.77. The van der Waals surface area contributed by atoms with E-state index in [1.54, 1.807) is 12.1 Å². The Morgan fingerprint density at radius 2 is 2.00 bits per heavy atom. The topological polar surface area (TPSA) is 99.6 Å². The largest absolute Gasteiger partial charge is 0.457 e. The standard InChI is InChI=1S/C19H14ClNO6/c1-2-11-3-5-14-12(8-18(22)27-17(14)7-11)10-26-19(23)15-9-13(21(24)25)4-6-16(15)20/h3-9H,2,10H2,1H3. The first kappa shape index (κ1) is 18.6. The lowest BCUT2D eigenvalue weighted by Gasteiger charge is -2.09. The Hall–Kier alpha value is -3.19. The van der Waals surface area contributed by atoms with Crippen molar-refractivity contribution in [2.45, 2.75) is 20.0 Å². The van der Waals surface area contributed by atoms with Gasteiger partial charge >= 0.3 is 11.6 Å². The first-order valence-corrected chi connectivity index (χ1v) is 8.43. The van der Waals surface area contributed by atoms with Gasteiger partial charge in [0.05, 0.1) is 15.5 Å². The molecule has 0 saturated heterocycles. The molecule has 2 aromatic carbocycles. The van der Waals surface area contributed by atoms with Crippen molar-refractivity contribution < 1.29 is 18.9 Å². The van der Waals surface area contributed by atoms with Crippen molar-refractivity contribution in [3.05, 3.63) is 84.7 Å². The normalized spacial score (nSPS) is 10.7. The van der Waals surface area contributed by atoms with E-state index < -0.39 is 16.5 Å². The number of carbonyl (C=O) groups excluding carboxylic acids is 1. The molecule has 0 radical (unpaired) electrons. The average molecular weight is 388 g/mol. The predicted octanol–water partition coefficient (Wildman–Crippen LogP) is 4.27. The number of benzene rings is 2. The van der Waals surface area contributed by atoms with E-state index in [2.05, 4.69) is 0 Å². The molecule has 0 aliphatic rings. The summed E-state index contributed by atoms with van der Waals surface area (Å²) in [6, 6.07) is 10.2. The quantitative estimate of drug-likeness (QED) is 0.280. The minimum Gasteiger partial charge on any atom is -0.457 e. The maximum Gasteiger partial charge on any atom is 0.340 e. The molecule has 0 spiro atoms. The van der Waals surface area contributed by atoms with Crippen LogP contribution in [0.4, 0.5) is 5.69 Å². The molecule has 0 saturated carbocycles. The van der Waals surface area contributed by atoms with Gasteiger partial charge in [-0.05, 0) is 24.1 Å². The molecule has 138 valence electrons. The van der Waals surface area contributed by atoms with Crippen molar-refractivity contribution >= 4 is 34.2 Å². The molecule has 0 aliphatic carbocycles. The van der Waals surface area contributed by atoms with Gasteiger partial charge in [-0.25, -0.2) is 9.59 Å². The maximum atomic E-state index is 12.3. The van der Waals surface area contributed by atoms with Crippen molar-refractivity contribution in [2.75, 3.05) is 0 Å². The molecule has 0 N–H and O–H groups in total. The van der Waals surface area contributed by atoms with Crippen LogP contribution in [0.15, 0.2) is 51.7 Å². The molecular weight excluding hydrogens is 374 g/mol. The summed E-state index contributed by atoms with van der Waals surface area (Å²) in [6.45, 7) is 1.78. The molecule has 8 heteroatoms. The Morgan fingerprint density at radius 3 is 2.70 bits per heavy atom. The lowest BCUT2D eigenvalue weighted by Crippen LogP contribution is -2.09. The number of non-ortho nitro benzene ring substituents is 1. The van der Waals surface area contributed by atoms with Crippen LogP contribution in [0.2, 0.25) is 5.02 Å². The number of nitro groups is 1. The highest BCUT2D eigenvalue weighted by atomic mass is 35.5. The monoisotopic (exact) mass is 387 g/mol. The Bertz CT molecular complexity index is 1110. The van der Waals surface area contributed by atoms with Crippen LogP contribution >= 0.6 is 11.6 Å². The number of halogens is 1. The zero-order chi connectivity index (χ0) is 19.6. The minimum atomic E-state index is -0.824. The summed E-state index contributed by atoms with van der Waals surface area (Å²) in [5.74, 6) is -0.824. The maximum absolute atomic E-state index is 12.3. The number of aryl methyl sites for hydroxylation is 1. The molecule has 27 heavy (non-hydrogen) atoms. The van der Waals surface area contributed by atoms with E-state index in [-0.39, 0.29) is 22.9 Å². The molecular formula is C19H14ClNO6. The van der Waals surface area contributed by atoms with E-state index in [1.807, 2.05) is 13.0 Å². The summed E-state index contributed by atoms with van der Waals surface area (Å²) in [7, 11) is 0. The van der Waals surface area contributed by atoms with E-state index in [0.717, 1.165) is 18.1 Å². The van der Waals surface area contributed by atoms with E-state index in [0.29, 0.717) is 16.5 Å². The number of rotatable bonds is 5. The van der Waals surface area contributed by atoms with Crippen molar-refractivity contribution in [1.29, 1.82) is 0 Å². The lowest BCUT2D eigenvalue weighted by molar-refractivity contribution is -0.384. The summed E-state index contributed by atoms with van der Waals surface area (Å²) in [6.07, 6.45) is 0.782. The van der Waals surface area contributed by atoms with Crippen LogP contribution in [0.25, 0.3) is 11.0 Å². The number of fused-ring (bicyclic) bond motifs is 1. The summed E-state index contributed by atoms with van der Waals surface area (Å²) in [4.78, 5) is 34.3. The van der Waals surface area contributed by atoms with Crippen LogP contribution in [-0.2, 0) is 17.8 Å². The molecule has 0 unspecified atom stereocenters. The molecule has 1 heterocycles. The van der Waals surface area contributed by atoms with E-state index in [1.165, 1.54) is 18.2 Å². The molecule has 0 aliphatic heterocycles. The third-order valence-corrected chi connectivity index (χ3v) is 4.37.